The minimum absolute atomic E-state index is 0.317. The third-order valence-electron chi connectivity index (χ3n) is 2.46. The summed E-state index contributed by atoms with van der Waals surface area (Å²) in [5, 5.41) is 0. The van der Waals surface area contributed by atoms with Gasteiger partial charge in [0.1, 0.15) is 11.5 Å². The Balaban J connectivity index is 2.34. The van der Waals surface area contributed by atoms with Crippen molar-refractivity contribution in [3.63, 3.8) is 0 Å². The summed E-state index contributed by atoms with van der Waals surface area (Å²) < 4.78 is 18.2. The van der Waals surface area contributed by atoms with Crippen molar-refractivity contribution in [1.29, 1.82) is 0 Å². The van der Waals surface area contributed by atoms with Crippen LogP contribution in [0.3, 0.4) is 0 Å². The zero-order valence-corrected chi connectivity index (χ0v) is 8.65. The van der Waals surface area contributed by atoms with Gasteiger partial charge in [-0.2, -0.15) is 4.99 Å². The molecule has 0 aromatic heterocycles. The summed E-state index contributed by atoms with van der Waals surface area (Å²) in [4.78, 5) is 15.8. The van der Waals surface area contributed by atoms with E-state index >= 15 is 0 Å². The topological polar surface area (TPSA) is 41.9 Å². The number of ether oxygens (including phenoxy) is 1. The lowest BCUT2D eigenvalue weighted by Crippen LogP contribution is -2.36. The fourth-order valence-electron chi connectivity index (χ4n) is 1.71. The molecule has 0 aliphatic carbocycles. The Morgan fingerprint density at radius 3 is 2.81 bits per heavy atom. The van der Waals surface area contributed by atoms with E-state index in [1.807, 2.05) is 4.90 Å². The zero-order chi connectivity index (χ0) is 11.4. The van der Waals surface area contributed by atoms with Crippen molar-refractivity contribution < 1.29 is 13.9 Å². The molecule has 0 N–H and O–H groups in total. The molecule has 0 atom stereocenters. The van der Waals surface area contributed by atoms with Crippen LogP contribution in [-0.2, 0) is 9.53 Å². The highest BCUT2D eigenvalue weighted by atomic mass is 19.1. The third-order valence-corrected chi connectivity index (χ3v) is 2.46. The van der Waals surface area contributed by atoms with Crippen molar-refractivity contribution in [2.45, 2.75) is 0 Å². The fraction of sp³-hybridized carbons (Fsp3) is 0.364. The number of isocyanates is 1. The van der Waals surface area contributed by atoms with Crippen LogP contribution in [0.15, 0.2) is 23.2 Å². The summed E-state index contributed by atoms with van der Waals surface area (Å²) in [6.45, 7) is 2.68. The molecule has 16 heavy (non-hydrogen) atoms. The van der Waals surface area contributed by atoms with Crippen LogP contribution in [0.5, 0.6) is 0 Å². The second-order valence-electron chi connectivity index (χ2n) is 3.44. The summed E-state index contributed by atoms with van der Waals surface area (Å²) in [5.74, 6) is -0.411. The zero-order valence-electron chi connectivity index (χ0n) is 8.65. The van der Waals surface area contributed by atoms with Crippen LogP contribution in [-0.4, -0.2) is 32.4 Å². The molecule has 1 aromatic rings. The van der Waals surface area contributed by atoms with Gasteiger partial charge in [0, 0.05) is 19.2 Å². The summed E-state index contributed by atoms with van der Waals surface area (Å²) >= 11 is 0. The predicted octanol–water partition coefficient (Wildman–Crippen LogP) is 1.63. The maximum atomic E-state index is 13.0. The Labute approximate surface area is 92.3 Å². The van der Waals surface area contributed by atoms with Crippen LogP contribution in [0.2, 0.25) is 0 Å². The number of anilines is 1. The SMILES string of the molecule is O=C=Nc1cc(F)ccc1N1CCOCC1. The van der Waals surface area contributed by atoms with E-state index in [0.29, 0.717) is 32.0 Å². The van der Waals surface area contributed by atoms with Gasteiger partial charge >= 0.3 is 0 Å². The third kappa shape index (κ3) is 2.27. The first-order valence-corrected chi connectivity index (χ1v) is 5.01. The Morgan fingerprint density at radius 1 is 1.38 bits per heavy atom. The van der Waals surface area contributed by atoms with E-state index in [2.05, 4.69) is 4.99 Å². The molecule has 0 unspecified atom stereocenters. The van der Waals surface area contributed by atoms with E-state index < -0.39 is 5.82 Å². The summed E-state index contributed by atoms with van der Waals surface area (Å²) in [6.07, 6.45) is 1.44. The van der Waals surface area contributed by atoms with Gasteiger partial charge in [0.05, 0.1) is 18.9 Å². The molecule has 0 bridgehead atoms. The average molecular weight is 222 g/mol. The number of hydrogen-bond donors (Lipinski definition) is 0. The molecule has 2 rings (SSSR count). The molecule has 1 fully saturated rings. The van der Waals surface area contributed by atoms with Gasteiger partial charge in [-0.25, -0.2) is 9.18 Å². The lowest BCUT2D eigenvalue weighted by Gasteiger charge is -2.29. The first-order chi connectivity index (χ1) is 7.81. The second-order valence-corrected chi connectivity index (χ2v) is 3.44. The van der Waals surface area contributed by atoms with E-state index in [-0.39, 0.29) is 0 Å². The Bertz CT molecular complexity index is 424. The van der Waals surface area contributed by atoms with Crippen LogP contribution < -0.4 is 4.90 Å². The first-order valence-electron chi connectivity index (χ1n) is 5.01. The van der Waals surface area contributed by atoms with Crippen molar-refractivity contribution in [2.24, 2.45) is 4.99 Å². The number of rotatable bonds is 2. The molecule has 0 radical (unpaired) electrons. The second kappa shape index (κ2) is 4.88. The van der Waals surface area contributed by atoms with Crippen LogP contribution >= 0.6 is 0 Å². The molecule has 1 aromatic carbocycles. The molecule has 0 amide bonds. The standard InChI is InChI=1S/C11H11FN2O2/c12-9-1-2-11(10(7-9)13-8-15)14-3-5-16-6-4-14/h1-2,7H,3-6H2. The molecular weight excluding hydrogens is 211 g/mol. The number of carbonyl (C=O) groups excluding carboxylic acids is 1. The number of morpholine rings is 1. The molecule has 4 nitrogen and oxygen atoms in total. The monoisotopic (exact) mass is 222 g/mol. The highest BCUT2D eigenvalue weighted by Gasteiger charge is 2.15. The lowest BCUT2D eigenvalue weighted by atomic mass is 10.2. The average Bonchev–Trinajstić information content (AvgIpc) is 2.31. The normalized spacial score (nSPS) is 15.7. The van der Waals surface area contributed by atoms with E-state index in [9.17, 15) is 9.18 Å². The van der Waals surface area contributed by atoms with Crippen molar-refractivity contribution in [2.75, 3.05) is 31.2 Å². The highest BCUT2D eigenvalue weighted by Crippen LogP contribution is 2.29. The Hall–Kier alpha value is -1.71. The molecule has 1 heterocycles. The molecule has 1 saturated heterocycles. The first kappa shape index (κ1) is 10.8. The van der Waals surface area contributed by atoms with Gasteiger partial charge in [0.2, 0.25) is 6.08 Å². The predicted molar refractivity (Wildman–Crippen MR) is 57.2 cm³/mol. The molecular formula is C11H11FN2O2. The van der Waals surface area contributed by atoms with Gasteiger partial charge in [-0.3, -0.25) is 0 Å². The molecule has 1 aliphatic rings. The number of hydrogen-bond acceptors (Lipinski definition) is 4. The van der Waals surface area contributed by atoms with Crippen molar-refractivity contribution in [3.8, 4) is 0 Å². The Morgan fingerprint density at radius 2 is 2.12 bits per heavy atom. The minimum Gasteiger partial charge on any atom is -0.378 e. The summed E-state index contributed by atoms with van der Waals surface area (Å²) in [7, 11) is 0. The van der Waals surface area contributed by atoms with Gasteiger partial charge < -0.3 is 9.64 Å². The van der Waals surface area contributed by atoms with Gasteiger partial charge in [0.25, 0.3) is 0 Å². The smallest absolute Gasteiger partial charge is 0.240 e. The van der Waals surface area contributed by atoms with Crippen molar-refractivity contribution in [1.82, 2.24) is 0 Å². The van der Waals surface area contributed by atoms with Crippen LogP contribution in [0, 0.1) is 5.82 Å². The maximum Gasteiger partial charge on any atom is 0.240 e. The summed E-state index contributed by atoms with van der Waals surface area (Å²) in [6, 6.07) is 4.21. The van der Waals surface area contributed by atoms with E-state index in [1.165, 1.54) is 18.2 Å². The number of aliphatic imine (C=N–C) groups is 1. The summed E-state index contributed by atoms with van der Waals surface area (Å²) in [5.41, 5.74) is 1.06. The van der Waals surface area contributed by atoms with E-state index in [1.54, 1.807) is 6.07 Å². The maximum absolute atomic E-state index is 13.0. The molecule has 5 heteroatoms. The van der Waals surface area contributed by atoms with E-state index in [0.717, 1.165) is 5.69 Å². The number of benzene rings is 1. The largest absolute Gasteiger partial charge is 0.378 e. The molecule has 1 aliphatic heterocycles. The van der Waals surface area contributed by atoms with Crippen LogP contribution in [0.1, 0.15) is 0 Å². The van der Waals surface area contributed by atoms with E-state index in [4.69, 9.17) is 4.74 Å². The van der Waals surface area contributed by atoms with Gasteiger partial charge in [-0.1, -0.05) is 0 Å². The molecule has 0 spiro atoms. The number of halogens is 1. The van der Waals surface area contributed by atoms with Gasteiger partial charge in [-0.05, 0) is 12.1 Å². The van der Waals surface area contributed by atoms with Gasteiger partial charge in [-0.15, -0.1) is 0 Å². The van der Waals surface area contributed by atoms with Crippen molar-refractivity contribution in [3.05, 3.63) is 24.0 Å². The number of nitrogens with zero attached hydrogens (tertiary/aromatic N) is 2. The molecule has 0 saturated carbocycles. The lowest BCUT2D eigenvalue weighted by molar-refractivity contribution is 0.123. The van der Waals surface area contributed by atoms with Crippen LogP contribution in [0.25, 0.3) is 0 Å². The minimum atomic E-state index is -0.411. The van der Waals surface area contributed by atoms with Gasteiger partial charge in [0.15, 0.2) is 0 Å². The van der Waals surface area contributed by atoms with Crippen molar-refractivity contribution >= 4 is 17.5 Å². The quantitative estimate of drug-likeness (QED) is 0.564. The van der Waals surface area contributed by atoms with Crippen LogP contribution in [0.4, 0.5) is 15.8 Å². The molecule has 84 valence electrons. The Kier molecular flexibility index (Phi) is 3.29. The fourth-order valence-corrected chi connectivity index (χ4v) is 1.71. The highest BCUT2D eigenvalue weighted by molar-refractivity contribution is 5.69.